The van der Waals surface area contributed by atoms with Crippen LogP contribution in [-0.2, 0) is 4.74 Å². The van der Waals surface area contributed by atoms with E-state index < -0.39 is 31.1 Å². The van der Waals surface area contributed by atoms with E-state index in [9.17, 15) is 15.3 Å². The lowest BCUT2D eigenvalue weighted by molar-refractivity contribution is -0.0568. The lowest BCUT2D eigenvalue weighted by atomic mass is 10.1. The number of halogens is 1. The van der Waals surface area contributed by atoms with Crippen molar-refractivity contribution in [3.8, 4) is 5.88 Å². The number of aliphatic hydroxyl groups is 3. The zero-order valence-corrected chi connectivity index (χ0v) is 14.3. The van der Waals surface area contributed by atoms with Gasteiger partial charge in [-0.3, -0.25) is 0 Å². The van der Waals surface area contributed by atoms with E-state index in [1.165, 1.54) is 4.68 Å². The van der Waals surface area contributed by atoms with Crippen LogP contribution in [0.2, 0.25) is 0 Å². The average molecular weight is 437 g/mol. The van der Waals surface area contributed by atoms with Gasteiger partial charge in [0.2, 0.25) is 11.8 Å². The van der Waals surface area contributed by atoms with Gasteiger partial charge in [0.1, 0.15) is 27.4 Å². The van der Waals surface area contributed by atoms with Gasteiger partial charge in [0, 0.05) is 0 Å². The van der Waals surface area contributed by atoms with Gasteiger partial charge in [0.25, 0.3) is 0 Å². The van der Waals surface area contributed by atoms with Crippen molar-refractivity contribution < 1.29 is 24.8 Å². The van der Waals surface area contributed by atoms with Crippen molar-refractivity contribution in [2.24, 2.45) is 0 Å². The molecule has 0 aliphatic carbocycles. The number of nitrogens with zero attached hydrogens (tertiary/aromatic N) is 4. The molecule has 3 rings (SSSR count). The first-order chi connectivity index (χ1) is 11.0. The Bertz CT molecular complexity index is 725. The number of anilines is 1. The van der Waals surface area contributed by atoms with Gasteiger partial charge >= 0.3 is 0 Å². The first-order valence-corrected chi connectivity index (χ1v) is 8.02. The molecular weight excluding hydrogens is 421 g/mol. The fraction of sp³-hybridized carbons (Fsp3) is 0.583. The Labute approximate surface area is 144 Å². The second-order valence-electron chi connectivity index (χ2n) is 4.98. The molecule has 1 saturated heterocycles. The van der Waals surface area contributed by atoms with Crippen molar-refractivity contribution in [2.45, 2.75) is 31.5 Å². The van der Waals surface area contributed by atoms with Gasteiger partial charge in [-0.05, 0) is 29.5 Å². The summed E-state index contributed by atoms with van der Waals surface area (Å²) in [7, 11) is 0. The minimum absolute atomic E-state index is 0.00903. The van der Waals surface area contributed by atoms with Crippen molar-refractivity contribution >= 4 is 39.6 Å². The smallest absolute Gasteiger partial charge is 0.230 e. The molecule has 0 aromatic carbocycles. The lowest BCUT2D eigenvalue weighted by Gasteiger charge is -2.15. The molecule has 23 heavy (non-hydrogen) atoms. The van der Waals surface area contributed by atoms with Gasteiger partial charge in [-0.25, -0.2) is 4.68 Å². The fourth-order valence-electron chi connectivity index (χ4n) is 2.48. The second kappa shape index (κ2) is 6.32. The maximum atomic E-state index is 10.2. The third kappa shape index (κ3) is 2.71. The van der Waals surface area contributed by atoms with Crippen molar-refractivity contribution in [2.75, 3.05) is 18.9 Å². The van der Waals surface area contributed by atoms with E-state index >= 15 is 0 Å². The molecule has 1 aliphatic heterocycles. The highest BCUT2D eigenvalue weighted by Crippen LogP contribution is 2.35. The summed E-state index contributed by atoms with van der Waals surface area (Å²) in [5, 5.41) is 34.1. The average Bonchev–Trinajstić information content (AvgIpc) is 2.98. The summed E-state index contributed by atoms with van der Waals surface area (Å²) in [6.07, 6.45) is -4.40. The summed E-state index contributed by atoms with van der Waals surface area (Å²) in [6, 6.07) is 0. The summed E-state index contributed by atoms with van der Waals surface area (Å²) in [6.45, 7) is 1.78. The van der Waals surface area contributed by atoms with E-state index in [1.807, 2.05) is 29.5 Å². The molecule has 0 spiro atoms. The van der Waals surface area contributed by atoms with Gasteiger partial charge in [-0.1, -0.05) is 0 Å². The van der Waals surface area contributed by atoms with Crippen LogP contribution in [0.25, 0.3) is 11.0 Å². The second-order valence-corrected chi connectivity index (χ2v) is 6.00. The van der Waals surface area contributed by atoms with Gasteiger partial charge in [-0.15, -0.1) is 0 Å². The third-order valence-corrected chi connectivity index (χ3v) is 4.29. The maximum Gasteiger partial charge on any atom is 0.230 e. The predicted octanol–water partition coefficient (Wildman–Crippen LogP) is -0.977. The van der Waals surface area contributed by atoms with Crippen LogP contribution in [0.15, 0.2) is 0 Å². The lowest BCUT2D eigenvalue weighted by Crippen LogP contribution is -2.33. The minimum Gasteiger partial charge on any atom is -0.477 e. The Hall–Kier alpha value is -1.28. The van der Waals surface area contributed by atoms with Crippen LogP contribution in [0.5, 0.6) is 5.88 Å². The van der Waals surface area contributed by atoms with E-state index in [2.05, 4.69) is 15.1 Å². The van der Waals surface area contributed by atoms with Crippen LogP contribution in [-0.4, -0.2) is 66.6 Å². The Morgan fingerprint density at radius 3 is 2.70 bits per heavy atom. The van der Waals surface area contributed by atoms with Crippen molar-refractivity contribution in [3.05, 3.63) is 3.70 Å². The molecule has 126 valence electrons. The number of nitrogen functional groups attached to an aromatic ring is 1. The summed E-state index contributed by atoms with van der Waals surface area (Å²) in [4.78, 5) is 8.19. The first-order valence-electron chi connectivity index (χ1n) is 6.94. The van der Waals surface area contributed by atoms with Gasteiger partial charge < -0.3 is 30.5 Å². The van der Waals surface area contributed by atoms with Crippen LogP contribution in [0, 0.1) is 3.70 Å². The Balaban J connectivity index is 2.12. The number of aliphatic hydroxyl groups excluding tert-OH is 3. The molecule has 1 aliphatic rings. The van der Waals surface area contributed by atoms with Gasteiger partial charge in [-0.2, -0.15) is 15.1 Å². The van der Waals surface area contributed by atoms with Crippen LogP contribution in [0.3, 0.4) is 0 Å². The number of aromatic nitrogens is 4. The molecule has 0 radical (unpaired) electrons. The maximum absolute atomic E-state index is 10.2. The number of nitrogens with two attached hydrogens (primary N) is 1. The van der Waals surface area contributed by atoms with E-state index in [1.54, 1.807) is 0 Å². The Morgan fingerprint density at radius 1 is 1.35 bits per heavy atom. The standard InChI is InChI=1S/C12H16IN5O5/c1-2-22-10-5-8(13)17-18(9(5)15-12(14)16-10)11-7(21)6(20)4(3-19)23-11/h4,6-7,11,19-21H,2-3H2,1H3,(H2,14,15,16)/t4-,6-,7-,11-/m1/s1. The molecule has 3 heterocycles. The molecule has 2 aromatic heterocycles. The van der Waals surface area contributed by atoms with E-state index in [0.717, 1.165) is 0 Å². The molecule has 1 fully saturated rings. The predicted molar refractivity (Wildman–Crippen MR) is 86.6 cm³/mol. The van der Waals surface area contributed by atoms with E-state index in [4.69, 9.17) is 15.2 Å². The number of ether oxygens (including phenoxy) is 2. The Kier molecular flexibility index (Phi) is 4.55. The minimum atomic E-state index is -1.27. The fourth-order valence-corrected chi connectivity index (χ4v) is 3.19. The highest BCUT2D eigenvalue weighted by molar-refractivity contribution is 14.1. The van der Waals surface area contributed by atoms with Gasteiger partial charge in [0.05, 0.1) is 13.2 Å². The molecule has 5 N–H and O–H groups in total. The normalized spacial score (nSPS) is 27.7. The van der Waals surface area contributed by atoms with Crippen molar-refractivity contribution in [1.82, 2.24) is 19.7 Å². The zero-order chi connectivity index (χ0) is 16.7. The highest BCUT2D eigenvalue weighted by atomic mass is 127. The quantitative estimate of drug-likeness (QED) is 0.443. The topological polar surface area (TPSA) is 149 Å². The third-order valence-electron chi connectivity index (χ3n) is 3.53. The van der Waals surface area contributed by atoms with Crippen LogP contribution in [0.4, 0.5) is 5.95 Å². The summed E-state index contributed by atoms with van der Waals surface area (Å²) >= 11 is 1.99. The zero-order valence-electron chi connectivity index (χ0n) is 12.1. The van der Waals surface area contributed by atoms with E-state index in [-0.39, 0.29) is 11.8 Å². The molecule has 0 bridgehead atoms. The van der Waals surface area contributed by atoms with Crippen LogP contribution >= 0.6 is 22.6 Å². The number of hydrogen-bond donors (Lipinski definition) is 4. The molecule has 4 atom stereocenters. The SMILES string of the molecule is CCOc1nc(N)nc2c1c(I)nn2[C@@H]1O[C@H](CO)[C@@H](O)[C@H]1O. The summed E-state index contributed by atoms with van der Waals surface area (Å²) in [5.74, 6) is 0.280. The molecular formula is C12H16IN5O5. The molecule has 0 amide bonds. The largest absolute Gasteiger partial charge is 0.477 e. The molecule has 11 heteroatoms. The number of hydrogen-bond acceptors (Lipinski definition) is 9. The first kappa shape index (κ1) is 16.6. The Morgan fingerprint density at radius 2 is 2.09 bits per heavy atom. The monoisotopic (exact) mass is 437 g/mol. The summed E-state index contributed by atoms with van der Waals surface area (Å²) in [5.41, 5.74) is 6.03. The molecule has 0 unspecified atom stereocenters. The summed E-state index contributed by atoms with van der Waals surface area (Å²) < 4.78 is 12.8. The van der Waals surface area contributed by atoms with Crippen LogP contribution in [0.1, 0.15) is 13.2 Å². The van der Waals surface area contributed by atoms with E-state index in [0.29, 0.717) is 21.3 Å². The molecule has 2 aromatic rings. The van der Waals surface area contributed by atoms with Crippen molar-refractivity contribution in [1.29, 1.82) is 0 Å². The number of fused-ring (bicyclic) bond motifs is 1. The highest BCUT2D eigenvalue weighted by Gasteiger charge is 2.44. The van der Waals surface area contributed by atoms with Crippen LogP contribution < -0.4 is 10.5 Å². The number of rotatable bonds is 4. The van der Waals surface area contributed by atoms with Crippen molar-refractivity contribution in [3.63, 3.8) is 0 Å². The molecule has 10 nitrogen and oxygen atoms in total. The molecule has 0 saturated carbocycles. The van der Waals surface area contributed by atoms with Gasteiger partial charge in [0.15, 0.2) is 11.9 Å².